The predicted octanol–water partition coefficient (Wildman–Crippen LogP) is 4.58. The molecular formula is C31H32N4O4. The van der Waals surface area contributed by atoms with Crippen LogP contribution in [-0.4, -0.2) is 46.4 Å². The third kappa shape index (κ3) is 5.70. The Kier molecular flexibility index (Phi) is 7.72. The molecule has 0 bridgehead atoms. The van der Waals surface area contributed by atoms with Crippen LogP contribution in [0.2, 0.25) is 0 Å². The number of aryl methyl sites for hydroxylation is 1. The molecule has 8 heteroatoms. The molecule has 8 nitrogen and oxygen atoms in total. The van der Waals surface area contributed by atoms with E-state index in [9.17, 15) is 14.4 Å². The minimum atomic E-state index is -0.296. The second kappa shape index (κ2) is 11.5. The number of aromatic nitrogens is 2. The van der Waals surface area contributed by atoms with Crippen molar-refractivity contribution in [2.24, 2.45) is 0 Å². The first-order chi connectivity index (χ1) is 18.9. The third-order valence-electron chi connectivity index (χ3n) is 7.17. The van der Waals surface area contributed by atoms with E-state index in [0.29, 0.717) is 55.7 Å². The molecule has 5 rings (SSSR count). The lowest BCUT2D eigenvalue weighted by Gasteiger charge is -2.32. The maximum atomic E-state index is 13.4. The van der Waals surface area contributed by atoms with E-state index in [2.05, 4.69) is 10.3 Å². The first-order valence-electron chi connectivity index (χ1n) is 13.3. The summed E-state index contributed by atoms with van der Waals surface area (Å²) in [5, 5.41) is 3.76. The van der Waals surface area contributed by atoms with Gasteiger partial charge >= 0.3 is 0 Å². The Morgan fingerprint density at radius 3 is 2.56 bits per heavy atom. The van der Waals surface area contributed by atoms with Gasteiger partial charge in [0, 0.05) is 53.8 Å². The van der Waals surface area contributed by atoms with Crippen molar-refractivity contribution in [3.05, 3.63) is 105 Å². The Morgan fingerprint density at radius 1 is 1.03 bits per heavy atom. The summed E-state index contributed by atoms with van der Waals surface area (Å²) >= 11 is 0. The van der Waals surface area contributed by atoms with E-state index in [0.717, 1.165) is 28.1 Å². The Bertz CT molecular complexity index is 1570. The van der Waals surface area contributed by atoms with Crippen LogP contribution < -0.4 is 15.6 Å². The van der Waals surface area contributed by atoms with Gasteiger partial charge in [-0.1, -0.05) is 36.4 Å². The van der Waals surface area contributed by atoms with Crippen molar-refractivity contribution in [3.8, 4) is 5.75 Å². The van der Waals surface area contributed by atoms with Crippen molar-refractivity contribution in [1.82, 2.24) is 20.2 Å². The van der Waals surface area contributed by atoms with Crippen molar-refractivity contribution in [2.45, 2.75) is 39.2 Å². The lowest BCUT2D eigenvalue weighted by molar-refractivity contribution is 0.0712. The van der Waals surface area contributed by atoms with E-state index < -0.39 is 0 Å². The van der Waals surface area contributed by atoms with Gasteiger partial charge in [0.15, 0.2) is 0 Å². The average Bonchev–Trinajstić information content (AvgIpc) is 2.96. The normalized spacial score (nSPS) is 13.8. The van der Waals surface area contributed by atoms with Crippen molar-refractivity contribution in [1.29, 1.82) is 0 Å². The molecule has 1 fully saturated rings. The second-order valence-electron chi connectivity index (χ2n) is 9.77. The number of fused-ring (bicyclic) bond motifs is 1. The number of hydrogen-bond donors (Lipinski definition) is 2. The minimum Gasteiger partial charge on any atom is -0.494 e. The largest absolute Gasteiger partial charge is 0.494 e. The van der Waals surface area contributed by atoms with Crippen LogP contribution in [0.3, 0.4) is 0 Å². The molecule has 0 spiro atoms. The fraction of sp³-hybridized carbons (Fsp3) is 0.290. The minimum absolute atomic E-state index is 0.0429. The number of carbonyl (C=O) groups is 2. The molecule has 2 aromatic carbocycles. The SMILES string of the molecule is CCOc1ccccc1CNC(=O)c1ccc(C)nc1C1CCN(C(=O)c2cc(=O)[nH]c3ccccc23)CC1. The number of hydrogen-bond acceptors (Lipinski definition) is 5. The van der Waals surface area contributed by atoms with Crippen LogP contribution in [0.4, 0.5) is 0 Å². The van der Waals surface area contributed by atoms with E-state index in [1.54, 1.807) is 11.0 Å². The number of amides is 2. The van der Waals surface area contributed by atoms with E-state index >= 15 is 0 Å². The topological polar surface area (TPSA) is 104 Å². The predicted molar refractivity (Wildman–Crippen MR) is 150 cm³/mol. The molecule has 39 heavy (non-hydrogen) atoms. The van der Waals surface area contributed by atoms with E-state index in [1.807, 2.05) is 68.4 Å². The Balaban J connectivity index is 1.30. The van der Waals surface area contributed by atoms with Crippen LogP contribution in [0, 0.1) is 6.92 Å². The molecule has 1 aliphatic heterocycles. The molecule has 0 aliphatic carbocycles. The molecule has 0 radical (unpaired) electrons. The molecule has 2 N–H and O–H groups in total. The quantitative estimate of drug-likeness (QED) is 0.368. The van der Waals surface area contributed by atoms with Gasteiger partial charge in [0.05, 0.1) is 23.4 Å². The molecular weight excluding hydrogens is 492 g/mol. The molecule has 2 aromatic heterocycles. The standard InChI is InChI=1S/C31H32N4O4/c1-3-39-27-11-7-4-8-22(27)19-32-30(37)24-13-12-20(2)33-29(24)21-14-16-35(17-15-21)31(38)25-18-28(36)34-26-10-6-5-9-23(25)26/h4-13,18,21H,3,14-17,19H2,1-2H3,(H,32,37)(H,34,36). The summed E-state index contributed by atoms with van der Waals surface area (Å²) in [5.74, 6) is 0.463. The zero-order valence-electron chi connectivity index (χ0n) is 22.2. The molecule has 4 aromatic rings. The number of piperidine rings is 1. The number of rotatable bonds is 7. The fourth-order valence-electron chi connectivity index (χ4n) is 5.20. The first kappa shape index (κ1) is 26.2. The van der Waals surface area contributed by atoms with E-state index in [-0.39, 0.29) is 23.3 Å². The lowest BCUT2D eigenvalue weighted by atomic mass is 9.89. The first-order valence-corrected chi connectivity index (χ1v) is 13.3. The summed E-state index contributed by atoms with van der Waals surface area (Å²) in [7, 11) is 0. The van der Waals surface area contributed by atoms with Gasteiger partial charge in [0.1, 0.15) is 5.75 Å². The Labute approximate surface area is 227 Å². The number of H-pyrrole nitrogens is 1. The van der Waals surface area contributed by atoms with Gasteiger partial charge < -0.3 is 19.9 Å². The summed E-state index contributed by atoms with van der Waals surface area (Å²) in [6.07, 6.45) is 1.35. The monoisotopic (exact) mass is 524 g/mol. The molecule has 200 valence electrons. The number of carbonyl (C=O) groups excluding carboxylic acids is 2. The molecule has 2 amide bonds. The highest BCUT2D eigenvalue weighted by Gasteiger charge is 2.29. The van der Waals surface area contributed by atoms with Crippen LogP contribution in [-0.2, 0) is 6.54 Å². The van der Waals surface area contributed by atoms with Gasteiger partial charge in [-0.2, -0.15) is 0 Å². The summed E-state index contributed by atoms with van der Waals surface area (Å²) in [6.45, 7) is 5.78. The average molecular weight is 525 g/mol. The zero-order chi connectivity index (χ0) is 27.4. The number of pyridine rings is 2. The van der Waals surface area contributed by atoms with Crippen LogP contribution >= 0.6 is 0 Å². The van der Waals surface area contributed by atoms with Gasteiger partial charge in [-0.05, 0) is 51.0 Å². The van der Waals surface area contributed by atoms with Crippen molar-refractivity contribution in [3.63, 3.8) is 0 Å². The summed E-state index contributed by atoms with van der Waals surface area (Å²) in [6, 6.07) is 20.1. The maximum Gasteiger partial charge on any atom is 0.254 e. The number of nitrogens with one attached hydrogen (secondary N) is 2. The Morgan fingerprint density at radius 2 is 1.77 bits per heavy atom. The van der Waals surface area contributed by atoms with Crippen molar-refractivity contribution >= 4 is 22.7 Å². The highest BCUT2D eigenvalue weighted by atomic mass is 16.5. The summed E-state index contributed by atoms with van der Waals surface area (Å²) in [5.41, 5.74) is 3.83. The fourth-order valence-corrected chi connectivity index (χ4v) is 5.20. The van der Waals surface area contributed by atoms with Gasteiger partial charge in [-0.25, -0.2) is 0 Å². The molecule has 1 saturated heterocycles. The van der Waals surface area contributed by atoms with E-state index in [1.165, 1.54) is 6.07 Å². The number of ether oxygens (including phenoxy) is 1. The van der Waals surface area contributed by atoms with Gasteiger partial charge in [0.25, 0.3) is 11.8 Å². The number of likely N-dealkylation sites (tertiary alicyclic amines) is 1. The van der Waals surface area contributed by atoms with Crippen LogP contribution in [0.25, 0.3) is 10.9 Å². The van der Waals surface area contributed by atoms with Crippen LogP contribution in [0.5, 0.6) is 5.75 Å². The molecule has 1 aliphatic rings. The zero-order valence-corrected chi connectivity index (χ0v) is 22.2. The highest BCUT2D eigenvalue weighted by Crippen LogP contribution is 2.31. The second-order valence-corrected chi connectivity index (χ2v) is 9.77. The molecule has 0 atom stereocenters. The summed E-state index contributed by atoms with van der Waals surface area (Å²) in [4.78, 5) is 48.2. The molecule has 3 heterocycles. The van der Waals surface area contributed by atoms with Crippen molar-refractivity contribution < 1.29 is 14.3 Å². The lowest BCUT2D eigenvalue weighted by Crippen LogP contribution is -2.39. The van der Waals surface area contributed by atoms with Gasteiger partial charge in [-0.15, -0.1) is 0 Å². The highest BCUT2D eigenvalue weighted by molar-refractivity contribution is 6.06. The molecule has 0 saturated carbocycles. The van der Waals surface area contributed by atoms with Gasteiger partial charge in [-0.3, -0.25) is 19.4 Å². The molecule has 0 unspecified atom stereocenters. The third-order valence-corrected chi connectivity index (χ3v) is 7.17. The van der Waals surface area contributed by atoms with Crippen LogP contribution in [0.15, 0.2) is 71.5 Å². The number of para-hydroxylation sites is 2. The Hall–Kier alpha value is -4.46. The smallest absolute Gasteiger partial charge is 0.254 e. The number of nitrogens with zero attached hydrogens (tertiary/aromatic N) is 2. The maximum absolute atomic E-state index is 13.4. The number of aromatic amines is 1. The van der Waals surface area contributed by atoms with E-state index in [4.69, 9.17) is 9.72 Å². The summed E-state index contributed by atoms with van der Waals surface area (Å²) < 4.78 is 5.69. The number of benzene rings is 2. The van der Waals surface area contributed by atoms with Crippen molar-refractivity contribution in [2.75, 3.05) is 19.7 Å². The van der Waals surface area contributed by atoms with Crippen LogP contribution in [0.1, 0.15) is 63.4 Å². The van der Waals surface area contributed by atoms with Gasteiger partial charge in [0.2, 0.25) is 5.56 Å².